The minimum Gasteiger partial charge on any atom is -0.394 e. The zero-order chi connectivity index (χ0) is 14.8. The Bertz CT molecular complexity index is 482. The smallest absolute Gasteiger partial charge is 0.0742 e. The lowest BCUT2D eigenvalue weighted by molar-refractivity contribution is 0.110. The van der Waals surface area contributed by atoms with E-state index in [4.69, 9.17) is 10.2 Å². The van der Waals surface area contributed by atoms with E-state index in [0.717, 1.165) is 12.8 Å². The molecule has 0 spiro atoms. The lowest BCUT2D eigenvalue weighted by atomic mass is 9.99. The summed E-state index contributed by atoms with van der Waals surface area (Å²) in [4.78, 5) is 0. The molecule has 1 atom stereocenters. The Kier molecular flexibility index (Phi) is 7.63. The first-order chi connectivity index (χ1) is 9.63. The van der Waals surface area contributed by atoms with Gasteiger partial charge in [0.05, 0.1) is 12.7 Å². The largest absolute Gasteiger partial charge is 0.394 e. The van der Waals surface area contributed by atoms with E-state index < -0.39 is 6.10 Å². The first-order valence-electron chi connectivity index (χ1n) is 7.01. The highest BCUT2D eigenvalue weighted by molar-refractivity contribution is 5.55. The predicted octanol–water partition coefficient (Wildman–Crippen LogP) is 3.51. The maximum Gasteiger partial charge on any atom is 0.0742 e. The van der Waals surface area contributed by atoms with E-state index in [1.807, 2.05) is 0 Å². The van der Waals surface area contributed by atoms with Crippen molar-refractivity contribution >= 4 is 6.08 Å². The predicted molar refractivity (Wildman–Crippen MR) is 85.5 cm³/mol. The standard InChI is InChI=1S/C15H16.C3H8O2/c1-13-7-3-2-4-8-14-9-5-6-10-15(14)12-11-13;1-3(5)2-4/h2-10H,11-12H2,1H3;3-5H,2H2,1H3/b3-2-,8-4+,13-7+;. The summed E-state index contributed by atoms with van der Waals surface area (Å²) in [5.74, 6) is 0. The van der Waals surface area contributed by atoms with Crippen molar-refractivity contribution in [3.05, 3.63) is 65.3 Å². The van der Waals surface area contributed by atoms with Crippen molar-refractivity contribution in [3.63, 3.8) is 0 Å². The molecule has 1 aliphatic carbocycles. The Hall–Kier alpha value is -1.64. The van der Waals surface area contributed by atoms with E-state index in [0.29, 0.717) is 0 Å². The number of benzene rings is 1. The van der Waals surface area contributed by atoms with Crippen LogP contribution in [0.1, 0.15) is 31.4 Å². The van der Waals surface area contributed by atoms with Gasteiger partial charge in [-0.3, -0.25) is 0 Å². The van der Waals surface area contributed by atoms with Gasteiger partial charge in [-0.1, -0.05) is 60.2 Å². The molecular formula is C18H24O2. The fourth-order valence-electron chi connectivity index (χ4n) is 1.78. The van der Waals surface area contributed by atoms with Crippen LogP contribution in [0.15, 0.2) is 54.1 Å². The van der Waals surface area contributed by atoms with Crippen LogP contribution < -0.4 is 0 Å². The molecule has 2 N–H and O–H groups in total. The van der Waals surface area contributed by atoms with Crippen molar-refractivity contribution < 1.29 is 10.2 Å². The molecule has 1 unspecified atom stereocenters. The molecule has 0 saturated carbocycles. The highest BCUT2D eigenvalue weighted by Gasteiger charge is 1.99. The van der Waals surface area contributed by atoms with Gasteiger partial charge in [-0.05, 0) is 37.8 Å². The number of rotatable bonds is 1. The van der Waals surface area contributed by atoms with E-state index in [1.54, 1.807) is 0 Å². The quantitative estimate of drug-likeness (QED) is 0.821. The van der Waals surface area contributed by atoms with Gasteiger partial charge in [-0.15, -0.1) is 0 Å². The molecule has 0 aromatic heterocycles. The topological polar surface area (TPSA) is 40.5 Å². The Balaban J connectivity index is 0.000000347. The summed E-state index contributed by atoms with van der Waals surface area (Å²) in [6, 6.07) is 8.62. The summed E-state index contributed by atoms with van der Waals surface area (Å²) in [6.45, 7) is 3.58. The fraction of sp³-hybridized carbons (Fsp3) is 0.333. The van der Waals surface area contributed by atoms with Gasteiger partial charge >= 0.3 is 0 Å². The van der Waals surface area contributed by atoms with Gasteiger partial charge in [0.2, 0.25) is 0 Å². The zero-order valence-corrected chi connectivity index (χ0v) is 12.3. The highest BCUT2D eigenvalue weighted by Crippen LogP contribution is 2.16. The van der Waals surface area contributed by atoms with Crippen LogP contribution in [0.2, 0.25) is 0 Å². The average Bonchev–Trinajstić information content (AvgIpc) is 2.46. The minimum absolute atomic E-state index is 0.139. The number of aliphatic hydroxyl groups excluding tert-OH is 2. The van der Waals surface area contributed by atoms with Gasteiger partial charge in [0, 0.05) is 0 Å². The molecule has 1 aliphatic rings. The monoisotopic (exact) mass is 272 g/mol. The number of allylic oxidation sites excluding steroid dienone is 5. The molecule has 2 rings (SSSR count). The highest BCUT2D eigenvalue weighted by atomic mass is 16.3. The van der Waals surface area contributed by atoms with E-state index in [1.165, 1.54) is 23.6 Å². The second kappa shape index (κ2) is 9.29. The molecule has 20 heavy (non-hydrogen) atoms. The lowest BCUT2D eigenvalue weighted by Crippen LogP contribution is -2.03. The van der Waals surface area contributed by atoms with Gasteiger partial charge in [-0.25, -0.2) is 0 Å². The third-order valence-electron chi connectivity index (χ3n) is 2.99. The van der Waals surface area contributed by atoms with Gasteiger partial charge < -0.3 is 10.2 Å². The van der Waals surface area contributed by atoms with Crippen LogP contribution in [0.3, 0.4) is 0 Å². The average molecular weight is 272 g/mol. The maximum absolute atomic E-state index is 8.11. The van der Waals surface area contributed by atoms with Crippen LogP contribution in [-0.2, 0) is 6.42 Å². The van der Waals surface area contributed by atoms with Crippen LogP contribution in [0.25, 0.3) is 6.08 Å². The maximum atomic E-state index is 8.11. The molecule has 0 radical (unpaired) electrons. The van der Waals surface area contributed by atoms with Crippen molar-refractivity contribution in [2.24, 2.45) is 0 Å². The molecule has 2 heteroatoms. The van der Waals surface area contributed by atoms with E-state index >= 15 is 0 Å². The lowest BCUT2D eigenvalue weighted by Gasteiger charge is -2.06. The second-order valence-electron chi connectivity index (χ2n) is 4.99. The summed E-state index contributed by atoms with van der Waals surface area (Å²) in [7, 11) is 0. The Morgan fingerprint density at radius 1 is 1.10 bits per heavy atom. The van der Waals surface area contributed by atoms with Gasteiger partial charge in [0.15, 0.2) is 0 Å². The van der Waals surface area contributed by atoms with Gasteiger partial charge in [0.25, 0.3) is 0 Å². The zero-order valence-electron chi connectivity index (χ0n) is 12.3. The van der Waals surface area contributed by atoms with Crippen LogP contribution in [0.5, 0.6) is 0 Å². The minimum atomic E-state index is -0.560. The Morgan fingerprint density at radius 3 is 2.50 bits per heavy atom. The molecule has 0 aliphatic heterocycles. The van der Waals surface area contributed by atoms with E-state index in [9.17, 15) is 0 Å². The van der Waals surface area contributed by atoms with Crippen LogP contribution in [0, 0.1) is 0 Å². The summed E-state index contributed by atoms with van der Waals surface area (Å²) < 4.78 is 0. The number of aliphatic hydroxyl groups is 2. The SMILES string of the molecule is CC(O)CO.C\C1=C/C=C\C=C\c2ccccc2CC1. The van der Waals surface area contributed by atoms with E-state index in [-0.39, 0.29) is 6.61 Å². The Morgan fingerprint density at radius 2 is 1.80 bits per heavy atom. The molecule has 108 valence electrons. The van der Waals surface area contributed by atoms with Crippen molar-refractivity contribution in [2.75, 3.05) is 6.61 Å². The summed E-state index contributed by atoms with van der Waals surface area (Å²) in [6.07, 6.45) is 12.4. The number of fused-ring (bicyclic) bond motifs is 1. The summed E-state index contributed by atoms with van der Waals surface area (Å²) in [5.41, 5.74) is 4.23. The normalized spacial score (nSPS) is 21.3. The molecule has 0 fully saturated rings. The van der Waals surface area contributed by atoms with Gasteiger partial charge in [0.1, 0.15) is 0 Å². The number of aryl methyl sites for hydroxylation is 1. The molecule has 2 nitrogen and oxygen atoms in total. The first-order valence-corrected chi connectivity index (χ1v) is 7.01. The van der Waals surface area contributed by atoms with Crippen molar-refractivity contribution in [3.8, 4) is 0 Å². The molecule has 0 amide bonds. The third-order valence-corrected chi connectivity index (χ3v) is 2.99. The molecule has 0 bridgehead atoms. The molecule has 0 saturated heterocycles. The first kappa shape index (κ1) is 16.4. The van der Waals surface area contributed by atoms with Gasteiger partial charge in [-0.2, -0.15) is 0 Å². The molecule has 1 aromatic carbocycles. The number of hydrogen-bond donors (Lipinski definition) is 2. The fourth-order valence-corrected chi connectivity index (χ4v) is 1.78. The summed E-state index contributed by atoms with van der Waals surface area (Å²) >= 11 is 0. The van der Waals surface area contributed by atoms with Crippen LogP contribution >= 0.6 is 0 Å². The molecular weight excluding hydrogens is 248 g/mol. The summed E-state index contributed by atoms with van der Waals surface area (Å²) in [5, 5.41) is 16.0. The van der Waals surface area contributed by atoms with Crippen molar-refractivity contribution in [2.45, 2.75) is 32.8 Å². The third kappa shape index (κ3) is 6.50. The van der Waals surface area contributed by atoms with Crippen molar-refractivity contribution in [1.29, 1.82) is 0 Å². The number of hydrogen-bond acceptors (Lipinski definition) is 2. The Labute approximate surface area is 121 Å². The van der Waals surface area contributed by atoms with Crippen LogP contribution in [0.4, 0.5) is 0 Å². The second-order valence-corrected chi connectivity index (χ2v) is 4.99. The van der Waals surface area contributed by atoms with Crippen molar-refractivity contribution in [1.82, 2.24) is 0 Å². The van der Waals surface area contributed by atoms with Crippen LogP contribution in [-0.4, -0.2) is 22.9 Å². The molecule has 0 heterocycles. The molecule has 1 aromatic rings. The van der Waals surface area contributed by atoms with E-state index in [2.05, 4.69) is 61.6 Å².